The molecule has 0 fully saturated rings. The van der Waals surface area contributed by atoms with Crippen LogP contribution in [0.2, 0.25) is 0 Å². The lowest BCUT2D eigenvalue weighted by atomic mass is 9.92. The quantitative estimate of drug-likeness (QED) is 0.757. The molecule has 0 aliphatic rings. The van der Waals surface area contributed by atoms with E-state index in [2.05, 4.69) is 12.2 Å². The number of carbonyl (C=O) groups is 1. The summed E-state index contributed by atoms with van der Waals surface area (Å²) in [5.74, 6) is -0.381. The molecule has 2 atom stereocenters. The molecule has 112 valence electrons. The maximum absolute atomic E-state index is 12.3. The van der Waals surface area contributed by atoms with Crippen LogP contribution in [-0.4, -0.2) is 17.1 Å². The van der Waals surface area contributed by atoms with Gasteiger partial charge in [0.05, 0.1) is 12.0 Å². The van der Waals surface area contributed by atoms with Gasteiger partial charge in [0, 0.05) is 5.69 Å². The number of unbranched alkanes of at least 4 members (excludes halogenated alkanes) is 1. The molecule has 0 unspecified atom stereocenters. The van der Waals surface area contributed by atoms with Crippen molar-refractivity contribution >= 4 is 11.6 Å². The molecule has 0 saturated carbocycles. The number of carbonyl (C=O) groups excluding carboxylic acids is 1. The first-order valence-electron chi connectivity index (χ1n) is 7.64. The van der Waals surface area contributed by atoms with Crippen molar-refractivity contribution in [2.24, 2.45) is 5.92 Å². The van der Waals surface area contributed by atoms with Crippen molar-refractivity contribution in [2.45, 2.75) is 59.0 Å². The number of aryl methyl sites for hydroxylation is 1. The van der Waals surface area contributed by atoms with Crippen molar-refractivity contribution in [3.05, 3.63) is 29.8 Å². The van der Waals surface area contributed by atoms with Gasteiger partial charge < -0.3 is 10.4 Å². The average molecular weight is 277 g/mol. The summed E-state index contributed by atoms with van der Waals surface area (Å²) in [6, 6.07) is 7.74. The zero-order chi connectivity index (χ0) is 15.0. The van der Waals surface area contributed by atoms with Crippen molar-refractivity contribution in [3.63, 3.8) is 0 Å². The molecule has 1 aromatic carbocycles. The van der Waals surface area contributed by atoms with Gasteiger partial charge in [0.25, 0.3) is 0 Å². The predicted molar refractivity (Wildman–Crippen MR) is 83.7 cm³/mol. The predicted octanol–water partition coefficient (Wildman–Crippen LogP) is 3.90. The number of hydrogen-bond donors (Lipinski definition) is 2. The fraction of sp³-hybridized carbons (Fsp3) is 0.588. The number of rotatable bonds is 8. The standard InChI is InChI=1S/C17H27NO2/c1-4-6-11-16(19)15(8-5-2)17(20)18-14-10-7-9-13(3)12-14/h7,9-10,12,15-16,19H,4-6,8,11H2,1-3H3,(H,18,20)/t15-,16-/m0/s1. The molecule has 3 heteroatoms. The fourth-order valence-corrected chi connectivity index (χ4v) is 2.38. The molecule has 1 rings (SSSR count). The van der Waals surface area contributed by atoms with Gasteiger partial charge in [0.15, 0.2) is 0 Å². The van der Waals surface area contributed by atoms with E-state index in [1.54, 1.807) is 0 Å². The fourth-order valence-electron chi connectivity index (χ4n) is 2.38. The monoisotopic (exact) mass is 277 g/mol. The van der Waals surface area contributed by atoms with Crippen molar-refractivity contribution in [3.8, 4) is 0 Å². The van der Waals surface area contributed by atoms with Gasteiger partial charge in [-0.1, -0.05) is 45.2 Å². The number of hydrogen-bond acceptors (Lipinski definition) is 2. The molecular formula is C17H27NO2. The second kappa shape index (κ2) is 8.75. The highest BCUT2D eigenvalue weighted by Crippen LogP contribution is 2.19. The van der Waals surface area contributed by atoms with E-state index < -0.39 is 6.10 Å². The Kier molecular flexibility index (Phi) is 7.31. The Hall–Kier alpha value is -1.35. The molecule has 0 bridgehead atoms. The highest BCUT2D eigenvalue weighted by Gasteiger charge is 2.25. The van der Waals surface area contributed by atoms with Crippen LogP contribution in [0.1, 0.15) is 51.5 Å². The maximum atomic E-state index is 12.3. The Morgan fingerprint density at radius 1 is 1.25 bits per heavy atom. The Morgan fingerprint density at radius 3 is 2.60 bits per heavy atom. The van der Waals surface area contributed by atoms with Gasteiger partial charge in [-0.3, -0.25) is 4.79 Å². The highest BCUT2D eigenvalue weighted by molar-refractivity contribution is 5.93. The summed E-state index contributed by atoms with van der Waals surface area (Å²) in [6.07, 6.45) is 3.77. The van der Waals surface area contributed by atoms with Gasteiger partial charge >= 0.3 is 0 Å². The molecule has 3 nitrogen and oxygen atoms in total. The minimum Gasteiger partial charge on any atom is -0.392 e. The van der Waals surface area contributed by atoms with E-state index in [9.17, 15) is 9.90 Å². The first kappa shape index (κ1) is 16.7. The molecule has 2 N–H and O–H groups in total. The van der Waals surface area contributed by atoms with Crippen LogP contribution in [0.5, 0.6) is 0 Å². The normalized spacial score (nSPS) is 13.8. The van der Waals surface area contributed by atoms with Gasteiger partial charge in [0.2, 0.25) is 5.91 Å². The second-order valence-electron chi connectivity index (χ2n) is 5.46. The number of aliphatic hydroxyl groups is 1. The van der Waals surface area contributed by atoms with Crippen LogP contribution in [0.4, 0.5) is 5.69 Å². The summed E-state index contributed by atoms with van der Waals surface area (Å²) < 4.78 is 0. The van der Waals surface area contributed by atoms with E-state index >= 15 is 0 Å². The average Bonchev–Trinajstić information content (AvgIpc) is 2.42. The summed E-state index contributed by atoms with van der Waals surface area (Å²) in [4.78, 5) is 12.3. The van der Waals surface area contributed by atoms with E-state index in [1.165, 1.54) is 0 Å². The molecule has 1 amide bonds. The Morgan fingerprint density at radius 2 is 2.00 bits per heavy atom. The van der Waals surface area contributed by atoms with Gasteiger partial charge in [-0.2, -0.15) is 0 Å². The summed E-state index contributed by atoms with van der Waals surface area (Å²) in [6.45, 7) is 6.13. The number of benzene rings is 1. The van der Waals surface area contributed by atoms with Gasteiger partial charge in [-0.05, 0) is 37.5 Å². The Balaban J connectivity index is 2.68. The van der Waals surface area contributed by atoms with Crippen LogP contribution in [0.3, 0.4) is 0 Å². The van der Waals surface area contributed by atoms with E-state index in [0.29, 0.717) is 6.42 Å². The molecule has 0 radical (unpaired) electrons. The van der Waals surface area contributed by atoms with Crippen molar-refractivity contribution in [1.82, 2.24) is 0 Å². The Labute approximate surface area is 122 Å². The minimum atomic E-state index is -0.542. The first-order chi connectivity index (χ1) is 9.58. The molecule has 0 aromatic heterocycles. The zero-order valence-corrected chi connectivity index (χ0v) is 12.9. The van der Waals surface area contributed by atoms with Gasteiger partial charge in [0.1, 0.15) is 0 Å². The highest BCUT2D eigenvalue weighted by atomic mass is 16.3. The van der Waals surface area contributed by atoms with E-state index in [-0.39, 0.29) is 11.8 Å². The van der Waals surface area contributed by atoms with Crippen LogP contribution in [0.15, 0.2) is 24.3 Å². The smallest absolute Gasteiger partial charge is 0.230 e. The van der Waals surface area contributed by atoms with Crippen LogP contribution in [-0.2, 0) is 4.79 Å². The summed E-state index contributed by atoms with van der Waals surface area (Å²) in [5.41, 5.74) is 1.92. The van der Waals surface area contributed by atoms with Crippen molar-refractivity contribution in [1.29, 1.82) is 0 Å². The SMILES string of the molecule is CCCC[C@H](O)[C@H](CCC)C(=O)Nc1cccc(C)c1. The van der Waals surface area contributed by atoms with Crippen LogP contribution in [0.25, 0.3) is 0 Å². The Bertz CT molecular complexity index is 417. The second-order valence-corrected chi connectivity index (χ2v) is 5.46. The molecule has 20 heavy (non-hydrogen) atoms. The van der Waals surface area contributed by atoms with Crippen molar-refractivity contribution in [2.75, 3.05) is 5.32 Å². The number of amides is 1. The van der Waals surface area contributed by atoms with Crippen molar-refractivity contribution < 1.29 is 9.90 Å². The van der Waals surface area contributed by atoms with Gasteiger partial charge in [-0.25, -0.2) is 0 Å². The van der Waals surface area contributed by atoms with E-state index in [4.69, 9.17) is 0 Å². The molecular weight excluding hydrogens is 250 g/mol. The van der Waals surface area contributed by atoms with E-state index in [1.807, 2.05) is 38.1 Å². The van der Waals surface area contributed by atoms with Gasteiger partial charge in [-0.15, -0.1) is 0 Å². The molecule has 0 heterocycles. The third kappa shape index (κ3) is 5.33. The molecule has 1 aromatic rings. The molecule has 0 spiro atoms. The summed E-state index contributed by atoms with van der Waals surface area (Å²) in [5, 5.41) is 13.1. The number of anilines is 1. The number of aliphatic hydroxyl groups excluding tert-OH is 1. The number of nitrogens with one attached hydrogen (secondary N) is 1. The van der Waals surface area contributed by atoms with E-state index in [0.717, 1.165) is 36.9 Å². The summed E-state index contributed by atoms with van der Waals surface area (Å²) in [7, 11) is 0. The zero-order valence-electron chi connectivity index (χ0n) is 12.9. The molecule has 0 aliphatic carbocycles. The minimum absolute atomic E-state index is 0.0685. The lowest BCUT2D eigenvalue weighted by molar-refractivity contribution is -0.123. The largest absolute Gasteiger partial charge is 0.392 e. The molecule has 0 aliphatic heterocycles. The van der Waals surface area contributed by atoms with Crippen LogP contribution >= 0.6 is 0 Å². The lowest BCUT2D eigenvalue weighted by Gasteiger charge is -2.22. The van der Waals surface area contributed by atoms with Crippen LogP contribution < -0.4 is 5.32 Å². The van der Waals surface area contributed by atoms with Crippen LogP contribution in [0, 0.1) is 12.8 Å². The third-order valence-corrected chi connectivity index (χ3v) is 3.54. The first-order valence-corrected chi connectivity index (χ1v) is 7.64. The maximum Gasteiger partial charge on any atom is 0.230 e. The topological polar surface area (TPSA) is 49.3 Å². The molecule has 0 saturated heterocycles. The summed E-state index contributed by atoms with van der Waals surface area (Å²) >= 11 is 0. The lowest BCUT2D eigenvalue weighted by Crippen LogP contribution is -2.33. The third-order valence-electron chi connectivity index (χ3n) is 3.54.